The standard InChI is InChI=1S/C14H24O15S2/c1-5-8(16)13(25-6(3-15)9(5)28-30(17,18)19)27-10-7-4-24-11(10)12(14(23-2)26-7)29-31(20,21)22/h5-16H,3-4H2,1-2H3,(H,17,18,19)(H,20,21,22)/p-2/t5-,6?,7?,8?,9-,10+,11?,12+,13+,14+/m1/s1. The number of ether oxygens (including phenoxy) is 5. The molecule has 0 radical (unpaired) electrons. The topological polar surface area (TPSA) is 219 Å². The maximum atomic E-state index is 11.1. The SMILES string of the molecule is CO[C@H]1OC2COC([C@H]2O[C@@H]2OC(CO)[C@H](OS(=O)(=O)[O-])[C@H](C)C2O)[C@@H]1OS(=O)(=O)[O-]. The Bertz CT molecular complexity index is 829. The summed E-state index contributed by atoms with van der Waals surface area (Å²) in [4.78, 5) is 0. The summed E-state index contributed by atoms with van der Waals surface area (Å²) < 4.78 is 102. The molecule has 182 valence electrons. The number of hydrogen-bond acceptors (Lipinski definition) is 15. The summed E-state index contributed by atoms with van der Waals surface area (Å²) in [7, 11) is -9.13. The molecule has 2 bridgehead atoms. The third-order valence-electron chi connectivity index (χ3n) is 5.22. The van der Waals surface area contributed by atoms with Crippen molar-refractivity contribution in [2.45, 2.75) is 62.2 Å². The molecule has 0 saturated carbocycles. The van der Waals surface area contributed by atoms with Crippen LogP contribution in [0.4, 0.5) is 0 Å². The second-order valence-electron chi connectivity index (χ2n) is 7.19. The highest BCUT2D eigenvalue weighted by atomic mass is 32.3. The average Bonchev–Trinajstić information content (AvgIpc) is 2.95. The van der Waals surface area contributed by atoms with Gasteiger partial charge in [-0.1, -0.05) is 6.92 Å². The molecular formula is C14H22O15S2-2. The number of methoxy groups -OCH3 is 1. The molecule has 3 aliphatic heterocycles. The fraction of sp³-hybridized carbons (Fsp3) is 1.00. The predicted molar refractivity (Wildman–Crippen MR) is 90.3 cm³/mol. The number of rotatable bonds is 8. The van der Waals surface area contributed by atoms with Crippen molar-refractivity contribution in [3.63, 3.8) is 0 Å². The van der Waals surface area contributed by atoms with Crippen LogP contribution in [0.3, 0.4) is 0 Å². The quantitative estimate of drug-likeness (QED) is 0.247. The normalized spacial score (nSPS) is 43.8. The van der Waals surface area contributed by atoms with E-state index in [9.17, 15) is 36.2 Å². The monoisotopic (exact) mass is 494 g/mol. The lowest BCUT2D eigenvalue weighted by Crippen LogP contribution is -2.61. The molecule has 4 unspecified atom stereocenters. The number of aliphatic hydroxyl groups excluding tert-OH is 2. The van der Waals surface area contributed by atoms with Crippen molar-refractivity contribution in [2.24, 2.45) is 5.92 Å². The van der Waals surface area contributed by atoms with E-state index in [0.29, 0.717) is 0 Å². The Hall–Kier alpha value is -0.540. The zero-order valence-electron chi connectivity index (χ0n) is 16.2. The first-order valence-electron chi connectivity index (χ1n) is 9.02. The molecule has 15 nitrogen and oxygen atoms in total. The molecule has 3 heterocycles. The highest BCUT2D eigenvalue weighted by molar-refractivity contribution is 7.81. The van der Waals surface area contributed by atoms with Crippen molar-refractivity contribution >= 4 is 20.8 Å². The summed E-state index contributed by atoms with van der Waals surface area (Å²) in [6, 6.07) is 0. The van der Waals surface area contributed by atoms with Crippen LogP contribution in [0.1, 0.15) is 6.92 Å². The smallest absolute Gasteiger partial charge is 0.218 e. The van der Waals surface area contributed by atoms with Gasteiger partial charge in [-0.25, -0.2) is 16.8 Å². The van der Waals surface area contributed by atoms with Crippen LogP contribution in [-0.4, -0.2) is 112 Å². The van der Waals surface area contributed by atoms with Gasteiger partial charge >= 0.3 is 0 Å². The maximum Gasteiger partial charge on any atom is 0.218 e. The highest BCUT2D eigenvalue weighted by Gasteiger charge is 2.56. The third-order valence-corrected chi connectivity index (χ3v) is 6.13. The van der Waals surface area contributed by atoms with E-state index in [1.165, 1.54) is 14.0 Å². The van der Waals surface area contributed by atoms with Gasteiger partial charge in [-0.05, 0) is 0 Å². The molecule has 0 aromatic carbocycles. The van der Waals surface area contributed by atoms with Crippen LogP contribution in [0.15, 0.2) is 0 Å². The Morgan fingerprint density at radius 2 is 1.61 bits per heavy atom. The van der Waals surface area contributed by atoms with Gasteiger partial charge in [0.1, 0.15) is 36.6 Å². The molecule has 0 aromatic heterocycles. The Balaban J connectivity index is 1.77. The summed E-state index contributed by atoms with van der Waals surface area (Å²) in [6.45, 7) is 0.491. The first-order chi connectivity index (χ1) is 14.3. The lowest BCUT2D eigenvalue weighted by molar-refractivity contribution is -0.328. The zero-order valence-corrected chi connectivity index (χ0v) is 17.8. The molecule has 3 aliphatic rings. The second kappa shape index (κ2) is 9.37. The molecule has 3 saturated heterocycles. The summed E-state index contributed by atoms with van der Waals surface area (Å²) >= 11 is 0. The minimum absolute atomic E-state index is 0.0874. The molecule has 10 atom stereocenters. The molecule has 0 spiro atoms. The summed E-state index contributed by atoms with van der Waals surface area (Å²) in [5.74, 6) is -1.04. The largest absolute Gasteiger partial charge is 0.726 e. The first kappa shape index (κ1) is 25.1. The minimum Gasteiger partial charge on any atom is -0.726 e. The van der Waals surface area contributed by atoms with E-state index in [-0.39, 0.29) is 6.61 Å². The summed E-state index contributed by atoms with van der Waals surface area (Å²) in [5, 5.41) is 20.0. The van der Waals surface area contributed by atoms with Crippen LogP contribution in [0.5, 0.6) is 0 Å². The van der Waals surface area contributed by atoms with Crippen molar-refractivity contribution in [2.75, 3.05) is 20.3 Å². The molecule has 0 aromatic rings. The first-order valence-corrected chi connectivity index (χ1v) is 11.7. The van der Waals surface area contributed by atoms with E-state index < -0.39 is 88.6 Å². The Morgan fingerprint density at radius 1 is 1.00 bits per heavy atom. The average molecular weight is 494 g/mol. The van der Waals surface area contributed by atoms with Gasteiger partial charge in [-0.15, -0.1) is 0 Å². The van der Waals surface area contributed by atoms with E-state index >= 15 is 0 Å². The molecule has 3 fully saturated rings. The summed E-state index contributed by atoms with van der Waals surface area (Å²) in [5.41, 5.74) is 0. The number of hydrogen-bond donors (Lipinski definition) is 2. The van der Waals surface area contributed by atoms with Crippen LogP contribution < -0.4 is 0 Å². The van der Waals surface area contributed by atoms with Crippen molar-refractivity contribution < 1.29 is 68.2 Å². The Kier molecular flexibility index (Phi) is 7.58. The van der Waals surface area contributed by atoms with Gasteiger partial charge in [0, 0.05) is 13.0 Å². The lowest BCUT2D eigenvalue weighted by atomic mass is 9.90. The Labute approximate surface area is 178 Å². The van der Waals surface area contributed by atoms with Gasteiger partial charge in [0.2, 0.25) is 20.8 Å². The van der Waals surface area contributed by atoms with E-state index in [1.807, 2.05) is 0 Å². The van der Waals surface area contributed by atoms with Gasteiger partial charge in [0.05, 0.1) is 13.2 Å². The van der Waals surface area contributed by atoms with Gasteiger partial charge in [0.15, 0.2) is 18.7 Å². The van der Waals surface area contributed by atoms with Crippen LogP contribution in [0.25, 0.3) is 0 Å². The van der Waals surface area contributed by atoms with Crippen LogP contribution in [0.2, 0.25) is 0 Å². The van der Waals surface area contributed by atoms with Crippen LogP contribution >= 0.6 is 0 Å². The molecule has 3 rings (SSSR count). The number of fused-ring (bicyclic) bond motifs is 2. The number of aliphatic hydroxyl groups is 2. The van der Waals surface area contributed by atoms with Crippen LogP contribution in [-0.2, 0) is 52.8 Å². The molecule has 0 aliphatic carbocycles. The predicted octanol–water partition coefficient (Wildman–Crippen LogP) is -3.45. The van der Waals surface area contributed by atoms with Crippen molar-refractivity contribution in [1.29, 1.82) is 0 Å². The van der Waals surface area contributed by atoms with E-state index in [0.717, 1.165) is 0 Å². The van der Waals surface area contributed by atoms with E-state index in [2.05, 4.69) is 8.37 Å². The van der Waals surface area contributed by atoms with Gasteiger partial charge in [-0.3, -0.25) is 8.37 Å². The maximum absolute atomic E-state index is 11.1. The van der Waals surface area contributed by atoms with Crippen molar-refractivity contribution in [3.8, 4) is 0 Å². The highest BCUT2D eigenvalue weighted by Crippen LogP contribution is 2.37. The summed E-state index contributed by atoms with van der Waals surface area (Å²) in [6.07, 6.45) is -11.7. The molecule has 17 heteroatoms. The molecule has 0 amide bonds. The van der Waals surface area contributed by atoms with Gasteiger partial charge in [0.25, 0.3) is 0 Å². The fourth-order valence-electron chi connectivity index (χ4n) is 3.81. The van der Waals surface area contributed by atoms with Gasteiger partial charge < -0.3 is 43.0 Å². The van der Waals surface area contributed by atoms with E-state index in [4.69, 9.17) is 23.7 Å². The molecular weight excluding hydrogens is 472 g/mol. The second-order valence-corrected chi connectivity index (χ2v) is 9.21. The van der Waals surface area contributed by atoms with Crippen molar-refractivity contribution in [3.05, 3.63) is 0 Å². The fourth-order valence-corrected chi connectivity index (χ4v) is 4.86. The third kappa shape index (κ3) is 5.69. The van der Waals surface area contributed by atoms with Crippen LogP contribution in [0, 0.1) is 5.92 Å². The zero-order chi connectivity index (χ0) is 23.1. The van der Waals surface area contributed by atoms with E-state index in [1.54, 1.807) is 0 Å². The molecule has 2 N–H and O–H groups in total. The van der Waals surface area contributed by atoms with Gasteiger partial charge in [-0.2, -0.15) is 0 Å². The Morgan fingerprint density at radius 3 is 2.16 bits per heavy atom. The molecule has 31 heavy (non-hydrogen) atoms. The van der Waals surface area contributed by atoms with Crippen molar-refractivity contribution in [1.82, 2.24) is 0 Å². The minimum atomic E-state index is -5.17. The lowest BCUT2D eigenvalue weighted by Gasteiger charge is -2.45.